The maximum absolute atomic E-state index is 12.0. The Morgan fingerprint density at radius 1 is 1.50 bits per heavy atom. The molecule has 0 fully saturated rings. The minimum absolute atomic E-state index is 0.107. The average Bonchev–Trinajstić information content (AvgIpc) is 3.29. The van der Waals surface area contributed by atoms with E-state index in [0.29, 0.717) is 36.0 Å². The summed E-state index contributed by atoms with van der Waals surface area (Å²) in [6, 6.07) is 4.30. The quantitative estimate of drug-likeness (QED) is 0.370. The Balaban J connectivity index is 1.76. The van der Waals surface area contributed by atoms with Gasteiger partial charge in [-0.2, -0.15) is 5.26 Å². The Hall–Kier alpha value is -2.11. The summed E-state index contributed by atoms with van der Waals surface area (Å²) in [6.45, 7) is 11.8. The fourth-order valence-electron chi connectivity index (χ4n) is 3.68. The number of thiophene rings is 1. The first-order valence-corrected chi connectivity index (χ1v) is 12.1. The van der Waals surface area contributed by atoms with Crippen molar-refractivity contribution in [2.45, 2.75) is 58.2 Å². The number of allylic oxidation sites excluding steroid dienone is 1. The molecule has 2 aromatic heterocycles. The van der Waals surface area contributed by atoms with Gasteiger partial charge in [-0.25, -0.2) is 0 Å². The number of carbonyl (C=O) groups is 1. The van der Waals surface area contributed by atoms with E-state index in [4.69, 9.17) is 5.26 Å². The number of amides is 1. The van der Waals surface area contributed by atoms with Gasteiger partial charge in [-0.05, 0) is 42.2 Å². The van der Waals surface area contributed by atoms with Gasteiger partial charge in [0.2, 0.25) is 5.91 Å². The van der Waals surface area contributed by atoms with E-state index >= 15 is 0 Å². The molecule has 0 bridgehead atoms. The van der Waals surface area contributed by atoms with Crippen LogP contribution in [0, 0.1) is 22.7 Å². The first-order chi connectivity index (χ1) is 14.3. The number of aryl methyl sites for hydroxylation is 1. The lowest BCUT2D eigenvalue weighted by atomic mass is 9.72. The molecule has 1 atom stereocenters. The molecule has 0 aliphatic heterocycles. The molecule has 1 amide bonds. The predicted molar refractivity (Wildman–Crippen MR) is 122 cm³/mol. The number of hydrogen-bond acceptors (Lipinski definition) is 6. The molecule has 0 aromatic carbocycles. The topological polar surface area (TPSA) is 83.6 Å². The highest BCUT2D eigenvalue weighted by Gasteiger charge is 2.30. The highest BCUT2D eigenvalue weighted by Crippen LogP contribution is 2.42. The van der Waals surface area contributed by atoms with E-state index < -0.39 is 0 Å². The van der Waals surface area contributed by atoms with Gasteiger partial charge in [0.1, 0.15) is 0 Å². The number of rotatable bonds is 8. The smallest absolute Gasteiger partial charge is 0.230 e. The summed E-state index contributed by atoms with van der Waals surface area (Å²) in [5.41, 5.74) is 1.76. The van der Waals surface area contributed by atoms with Crippen molar-refractivity contribution in [1.29, 1.82) is 5.26 Å². The third kappa shape index (κ3) is 5.32. The van der Waals surface area contributed by atoms with Gasteiger partial charge >= 0.3 is 0 Å². The molecule has 8 heteroatoms. The highest BCUT2D eigenvalue weighted by molar-refractivity contribution is 7.99. The van der Waals surface area contributed by atoms with Crippen molar-refractivity contribution in [1.82, 2.24) is 20.1 Å². The summed E-state index contributed by atoms with van der Waals surface area (Å²) in [5, 5.41) is 20.8. The normalized spacial score (nSPS) is 16.0. The number of nitrogens with zero attached hydrogens (tertiary/aromatic N) is 4. The monoisotopic (exact) mass is 443 g/mol. The van der Waals surface area contributed by atoms with Gasteiger partial charge < -0.3 is 5.32 Å². The zero-order valence-electron chi connectivity index (χ0n) is 17.9. The first-order valence-electron chi connectivity index (χ1n) is 10.3. The molecule has 0 spiro atoms. The van der Waals surface area contributed by atoms with E-state index in [1.54, 1.807) is 0 Å². The van der Waals surface area contributed by atoms with Crippen molar-refractivity contribution < 1.29 is 4.79 Å². The Morgan fingerprint density at radius 3 is 3.00 bits per heavy atom. The third-order valence-electron chi connectivity index (χ3n) is 5.45. The second-order valence-electron chi connectivity index (χ2n) is 8.62. The van der Waals surface area contributed by atoms with Gasteiger partial charge in [0.15, 0.2) is 11.0 Å². The van der Waals surface area contributed by atoms with Crippen molar-refractivity contribution >= 4 is 29.0 Å². The molecule has 160 valence electrons. The van der Waals surface area contributed by atoms with Gasteiger partial charge in [-0.3, -0.25) is 9.36 Å². The van der Waals surface area contributed by atoms with Gasteiger partial charge in [0.25, 0.3) is 0 Å². The largest absolute Gasteiger partial charge is 0.354 e. The minimum atomic E-state index is -0.107. The maximum atomic E-state index is 12.0. The fraction of sp³-hybridized carbons (Fsp3) is 0.545. The van der Waals surface area contributed by atoms with Crippen LogP contribution in [0.25, 0.3) is 10.7 Å². The van der Waals surface area contributed by atoms with Crippen LogP contribution in [0.5, 0.6) is 0 Å². The number of nitriles is 1. The van der Waals surface area contributed by atoms with Crippen LogP contribution in [0.15, 0.2) is 23.9 Å². The Labute approximate surface area is 186 Å². The maximum Gasteiger partial charge on any atom is 0.230 e. The van der Waals surface area contributed by atoms with Crippen LogP contribution >= 0.6 is 23.1 Å². The summed E-state index contributed by atoms with van der Waals surface area (Å²) < 4.78 is 2.03. The van der Waals surface area contributed by atoms with Crippen LogP contribution < -0.4 is 5.32 Å². The van der Waals surface area contributed by atoms with E-state index in [1.165, 1.54) is 28.6 Å². The van der Waals surface area contributed by atoms with Gasteiger partial charge in [0.05, 0.1) is 23.1 Å². The molecule has 1 aliphatic carbocycles. The SMILES string of the molecule is C=CCn1c(SCC(=O)NCCC#N)nnc1-c1cc2c(s1)CCC(C(C)(C)C)C2. The molecule has 2 aromatic rings. The molecular weight excluding hydrogens is 414 g/mol. The van der Waals surface area contributed by atoms with Crippen LogP contribution in [-0.2, 0) is 24.2 Å². The first kappa shape index (κ1) is 22.6. The van der Waals surface area contributed by atoms with E-state index in [2.05, 4.69) is 48.9 Å². The molecule has 1 N–H and O–H groups in total. The number of aromatic nitrogens is 3. The van der Waals surface area contributed by atoms with Crippen LogP contribution in [0.1, 0.15) is 44.1 Å². The molecule has 0 saturated heterocycles. The van der Waals surface area contributed by atoms with Crippen LogP contribution in [0.2, 0.25) is 0 Å². The van der Waals surface area contributed by atoms with Crippen molar-refractivity contribution in [2.24, 2.45) is 11.3 Å². The van der Waals surface area contributed by atoms with E-state index in [1.807, 2.05) is 28.0 Å². The van der Waals surface area contributed by atoms with Crippen molar-refractivity contribution in [3.63, 3.8) is 0 Å². The zero-order valence-corrected chi connectivity index (χ0v) is 19.5. The number of fused-ring (bicyclic) bond motifs is 1. The average molecular weight is 444 g/mol. The molecule has 2 heterocycles. The highest BCUT2D eigenvalue weighted by atomic mass is 32.2. The van der Waals surface area contributed by atoms with Gasteiger partial charge in [0, 0.05) is 18.0 Å². The van der Waals surface area contributed by atoms with E-state index in [9.17, 15) is 4.79 Å². The number of carbonyl (C=O) groups excluding carboxylic acids is 1. The van der Waals surface area contributed by atoms with E-state index in [0.717, 1.165) is 23.5 Å². The molecule has 1 aliphatic rings. The second-order valence-corrected chi connectivity index (χ2v) is 10.7. The molecule has 30 heavy (non-hydrogen) atoms. The summed E-state index contributed by atoms with van der Waals surface area (Å²) in [5.74, 6) is 1.68. The summed E-state index contributed by atoms with van der Waals surface area (Å²) >= 11 is 3.17. The fourth-order valence-corrected chi connectivity index (χ4v) is 5.66. The zero-order chi connectivity index (χ0) is 21.7. The third-order valence-corrected chi connectivity index (χ3v) is 7.65. The summed E-state index contributed by atoms with van der Waals surface area (Å²) in [4.78, 5) is 14.6. The Kier molecular flexibility index (Phi) is 7.37. The van der Waals surface area contributed by atoms with Crippen LogP contribution in [0.3, 0.4) is 0 Å². The molecule has 0 radical (unpaired) electrons. The lowest BCUT2D eigenvalue weighted by molar-refractivity contribution is -0.118. The lowest BCUT2D eigenvalue weighted by Gasteiger charge is -2.33. The molecular formula is C22H29N5OS2. The molecule has 6 nitrogen and oxygen atoms in total. The van der Waals surface area contributed by atoms with Crippen molar-refractivity contribution in [2.75, 3.05) is 12.3 Å². The summed E-state index contributed by atoms with van der Waals surface area (Å²) in [6.07, 6.45) is 5.62. The predicted octanol–water partition coefficient (Wildman–Crippen LogP) is 4.47. The van der Waals surface area contributed by atoms with Crippen molar-refractivity contribution in [3.05, 3.63) is 29.2 Å². The standard InChI is InChI=1S/C22H29N5OS2/c1-5-11-27-20(25-26-21(27)29-14-19(28)24-10-6-9-23)18-13-15-12-16(22(2,3)4)7-8-17(15)30-18/h5,13,16H,1,6-8,10-12,14H2,2-4H3,(H,24,28). The van der Waals surface area contributed by atoms with Crippen molar-refractivity contribution in [3.8, 4) is 16.8 Å². The van der Waals surface area contributed by atoms with Gasteiger partial charge in [-0.1, -0.05) is 38.6 Å². The molecule has 3 rings (SSSR count). The molecule has 1 unspecified atom stereocenters. The van der Waals surface area contributed by atoms with Gasteiger partial charge in [-0.15, -0.1) is 28.1 Å². The number of hydrogen-bond donors (Lipinski definition) is 1. The Bertz CT molecular complexity index is 948. The van der Waals surface area contributed by atoms with Crippen LogP contribution in [-0.4, -0.2) is 33.0 Å². The minimum Gasteiger partial charge on any atom is -0.354 e. The van der Waals surface area contributed by atoms with E-state index in [-0.39, 0.29) is 11.7 Å². The lowest BCUT2D eigenvalue weighted by Crippen LogP contribution is -2.26. The Morgan fingerprint density at radius 2 is 2.30 bits per heavy atom. The van der Waals surface area contributed by atoms with Crippen LogP contribution in [0.4, 0.5) is 0 Å². The second kappa shape index (κ2) is 9.80. The number of thioether (sulfide) groups is 1. The molecule has 0 saturated carbocycles. The number of nitrogens with one attached hydrogen (secondary N) is 1. The summed E-state index contributed by atoms with van der Waals surface area (Å²) in [7, 11) is 0.